The van der Waals surface area contributed by atoms with Gasteiger partial charge in [0, 0.05) is 42.2 Å². The second-order valence-electron chi connectivity index (χ2n) is 5.36. The van der Waals surface area contributed by atoms with Gasteiger partial charge in [-0.2, -0.15) is 0 Å². The van der Waals surface area contributed by atoms with Gasteiger partial charge in [-0.15, -0.1) is 0 Å². The molecule has 1 aliphatic rings. The fraction of sp³-hybridized carbons (Fsp3) is 0.294. The van der Waals surface area contributed by atoms with E-state index in [-0.39, 0.29) is 11.9 Å². The zero-order valence-corrected chi connectivity index (χ0v) is 14.3. The maximum atomic E-state index is 13.3. The summed E-state index contributed by atoms with van der Waals surface area (Å²) >= 11 is 9.50. The Kier molecular flexibility index (Phi) is 4.89. The van der Waals surface area contributed by atoms with Gasteiger partial charge in [-0.1, -0.05) is 27.5 Å². The van der Waals surface area contributed by atoms with Gasteiger partial charge in [-0.3, -0.25) is 0 Å². The molecule has 2 aromatic rings. The molecule has 5 heteroatoms. The van der Waals surface area contributed by atoms with Gasteiger partial charge in [0.25, 0.3) is 0 Å². The molecule has 1 aliphatic heterocycles. The lowest BCUT2D eigenvalue weighted by molar-refractivity contribution is 0.170. The van der Waals surface area contributed by atoms with Crippen LogP contribution in [0.15, 0.2) is 46.9 Å². The van der Waals surface area contributed by atoms with Crippen molar-refractivity contribution in [2.45, 2.75) is 18.9 Å². The maximum Gasteiger partial charge on any atom is 0.141 e. The summed E-state index contributed by atoms with van der Waals surface area (Å²) in [5, 5.41) is 0.455. The molecule has 0 aliphatic carbocycles. The zero-order valence-electron chi connectivity index (χ0n) is 11.9. The van der Waals surface area contributed by atoms with Crippen LogP contribution in [0.5, 0.6) is 5.75 Å². The van der Waals surface area contributed by atoms with Crippen LogP contribution >= 0.6 is 27.5 Å². The fourth-order valence-corrected chi connectivity index (χ4v) is 3.06. The summed E-state index contributed by atoms with van der Waals surface area (Å²) in [4.78, 5) is 2.33. The summed E-state index contributed by atoms with van der Waals surface area (Å²) < 4.78 is 20.2. The summed E-state index contributed by atoms with van der Waals surface area (Å²) in [7, 11) is 0. The monoisotopic (exact) mass is 383 g/mol. The first kappa shape index (κ1) is 15.6. The Morgan fingerprint density at radius 1 is 1.09 bits per heavy atom. The number of benzene rings is 2. The van der Waals surface area contributed by atoms with Crippen LogP contribution in [-0.2, 0) is 0 Å². The molecule has 0 amide bonds. The molecule has 3 rings (SSSR count). The average molecular weight is 385 g/mol. The molecule has 0 atom stereocenters. The van der Waals surface area contributed by atoms with E-state index in [9.17, 15) is 4.39 Å². The number of hydrogen-bond donors (Lipinski definition) is 0. The number of nitrogens with zero attached hydrogens (tertiary/aromatic N) is 1. The summed E-state index contributed by atoms with van der Waals surface area (Å²) in [6.45, 7) is 1.83. The largest absolute Gasteiger partial charge is 0.489 e. The van der Waals surface area contributed by atoms with Crippen molar-refractivity contribution in [2.24, 2.45) is 0 Å². The minimum absolute atomic E-state index is 0.0750. The topological polar surface area (TPSA) is 12.5 Å². The lowest BCUT2D eigenvalue weighted by Crippen LogP contribution is -2.38. The van der Waals surface area contributed by atoms with Gasteiger partial charge in [0.05, 0.1) is 5.02 Å². The van der Waals surface area contributed by atoms with Crippen molar-refractivity contribution in [3.8, 4) is 5.75 Å². The minimum atomic E-state index is -0.327. The lowest BCUT2D eigenvalue weighted by atomic mass is 10.1. The summed E-state index contributed by atoms with van der Waals surface area (Å²) in [6.07, 6.45) is 1.86. The van der Waals surface area contributed by atoms with Crippen molar-refractivity contribution in [3.05, 3.63) is 57.8 Å². The van der Waals surface area contributed by atoms with Gasteiger partial charge in [0.2, 0.25) is 0 Å². The summed E-state index contributed by atoms with van der Waals surface area (Å²) in [5.41, 5.74) is 1.21. The molecule has 0 N–H and O–H groups in total. The second-order valence-corrected chi connectivity index (χ2v) is 6.68. The number of halogens is 3. The standard InChI is InChI=1S/C17H16BrClFNO/c18-12-1-4-14(5-2-12)21-9-7-15(8-10-21)22-17-11-13(20)3-6-16(17)19/h1-6,11,15H,7-10H2. The first-order chi connectivity index (χ1) is 10.6. The highest BCUT2D eigenvalue weighted by atomic mass is 79.9. The van der Waals surface area contributed by atoms with Crippen molar-refractivity contribution < 1.29 is 9.13 Å². The zero-order chi connectivity index (χ0) is 15.5. The van der Waals surface area contributed by atoms with Crippen molar-refractivity contribution in [1.29, 1.82) is 0 Å². The SMILES string of the molecule is Fc1ccc(Cl)c(OC2CCN(c3ccc(Br)cc3)CC2)c1. The maximum absolute atomic E-state index is 13.3. The predicted octanol–water partition coefficient (Wildman–Crippen LogP) is 5.29. The van der Waals surface area contributed by atoms with E-state index in [2.05, 4.69) is 33.0 Å². The fourth-order valence-electron chi connectivity index (χ4n) is 2.63. The molecule has 1 saturated heterocycles. The molecule has 2 nitrogen and oxygen atoms in total. The molecule has 0 radical (unpaired) electrons. The molecule has 1 heterocycles. The Balaban J connectivity index is 1.60. The van der Waals surface area contributed by atoms with Gasteiger partial charge >= 0.3 is 0 Å². The second kappa shape index (κ2) is 6.88. The van der Waals surface area contributed by atoms with Gasteiger partial charge in [-0.25, -0.2) is 4.39 Å². The van der Waals surface area contributed by atoms with Crippen LogP contribution in [0.3, 0.4) is 0 Å². The Labute approximate surface area is 143 Å². The van der Waals surface area contributed by atoms with Crippen LogP contribution in [-0.4, -0.2) is 19.2 Å². The summed E-state index contributed by atoms with van der Waals surface area (Å²) in [6, 6.07) is 12.5. The number of hydrogen-bond acceptors (Lipinski definition) is 2. The van der Waals surface area contributed by atoms with Crippen LogP contribution < -0.4 is 9.64 Å². The van der Waals surface area contributed by atoms with Crippen molar-refractivity contribution in [2.75, 3.05) is 18.0 Å². The van der Waals surface area contributed by atoms with E-state index in [4.69, 9.17) is 16.3 Å². The number of piperidine rings is 1. The molecular weight excluding hydrogens is 369 g/mol. The molecule has 0 saturated carbocycles. The molecule has 0 bridgehead atoms. The Morgan fingerprint density at radius 3 is 2.45 bits per heavy atom. The first-order valence-corrected chi connectivity index (χ1v) is 8.41. The molecule has 2 aromatic carbocycles. The molecular formula is C17H16BrClFNO. The number of ether oxygens (including phenoxy) is 1. The summed E-state index contributed by atoms with van der Waals surface area (Å²) in [5.74, 6) is 0.107. The van der Waals surface area contributed by atoms with E-state index >= 15 is 0 Å². The van der Waals surface area contributed by atoms with Crippen LogP contribution in [0, 0.1) is 5.82 Å². The third kappa shape index (κ3) is 3.73. The molecule has 116 valence electrons. The number of anilines is 1. The molecule has 1 fully saturated rings. The predicted molar refractivity (Wildman–Crippen MR) is 91.4 cm³/mol. The van der Waals surface area contributed by atoms with Crippen molar-refractivity contribution in [3.63, 3.8) is 0 Å². The Hall–Kier alpha value is -1.26. The van der Waals surface area contributed by atoms with E-state index in [1.807, 2.05) is 12.1 Å². The van der Waals surface area contributed by atoms with Gasteiger partial charge in [-0.05, 0) is 36.4 Å². The lowest BCUT2D eigenvalue weighted by Gasteiger charge is -2.33. The third-order valence-electron chi connectivity index (χ3n) is 3.82. The van der Waals surface area contributed by atoms with Gasteiger partial charge in [0.1, 0.15) is 17.7 Å². The number of rotatable bonds is 3. The van der Waals surface area contributed by atoms with Crippen molar-refractivity contribution >= 4 is 33.2 Å². The van der Waals surface area contributed by atoms with Crippen LogP contribution in [0.25, 0.3) is 0 Å². The van der Waals surface area contributed by atoms with Crippen LogP contribution in [0.1, 0.15) is 12.8 Å². The Morgan fingerprint density at radius 2 is 1.77 bits per heavy atom. The first-order valence-electron chi connectivity index (χ1n) is 7.24. The third-order valence-corrected chi connectivity index (χ3v) is 4.66. The highest BCUT2D eigenvalue weighted by molar-refractivity contribution is 9.10. The van der Waals surface area contributed by atoms with Gasteiger partial charge in [0.15, 0.2) is 0 Å². The van der Waals surface area contributed by atoms with E-state index in [1.54, 1.807) is 0 Å². The molecule has 0 spiro atoms. The van der Waals surface area contributed by atoms with E-state index < -0.39 is 0 Å². The van der Waals surface area contributed by atoms with Crippen LogP contribution in [0.2, 0.25) is 5.02 Å². The highest BCUT2D eigenvalue weighted by Gasteiger charge is 2.21. The molecule has 0 unspecified atom stereocenters. The normalized spacial score (nSPS) is 15.9. The molecule has 0 aromatic heterocycles. The van der Waals surface area contributed by atoms with E-state index in [0.29, 0.717) is 10.8 Å². The smallest absolute Gasteiger partial charge is 0.141 e. The highest BCUT2D eigenvalue weighted by Crippen LogP contribution is 2.29. The van der Waals surface area contributed by atoms with Gasteiger partial charge < -0.3 is 9.64 Å². The van der Waals surface area contributed by atoms with E-state index in [1.165, 1.54) is 23.9 Å². The van der Waals surface area contributed by atoms with E-state index in [0.717, 1.165) is 30.4 Å². The average Bonchev–Trinajstić information content (AvgIpc) is 2.53. The van der Waals surface area contributed by atoms with Crippen LogP contribution in [0.4, 0.5) is 10.1 Å². The van der Waals surface area contributed by atoms with Crippen molar-refractivity contribution in [1.82, 2.24) is 0 Å². The Bertz CT molecular complexity index is 642. The molecule has 22 heavy (non-hydrogen) atoms. The quantitative estimate of drug-likeness (QED) is 0.713. The minimum Gasteiger partial charge on any atom is -0.489 e.